The Labute approximate surface area is 116 Å². The van der Waals surface area contributed by atoms with Crippen molar-refractivity contribution in [3.05, 3.63) is 29.8 Å². The Bertz CT molecular complexity index is 429. The molecular weight excluding hydrogens is 236 g/mol. The molecule has 19 heavy (non-hydrogen) atoms. The van der Waals surface area contributed by atoms with Crippen LogP contribution >= 0.6 is 0 Å². The standard InChI is InChI=1S/C16H24N2O/c1-5-10-18-13(11-17)12-19-15-9-7-6-8-14(15)16(2,3)4/h6-9,13,18H,5,10,12H2,1-4H3. The fourth-order valence-electron chi connectivity index (χ4n) is 1.85. The summed E-state index contributed by atoms with van der Waals surface area (Å²) in [7, 11) is 0. The molecule has 1 aromatic rings. The van der Waals surface area contributed by atoms with Crippen molar-refractivity contribution >= 4 is 0 Å². The van der Waals surface area contributed by atoms with Crippen LogP contribution in [0.3, 0.4) is 0 Å². The summed E-state index contributed by atoms with van der Waals surface area (Å²) in [6, 6.07) is 10.0. The summed E-state index contributed by atoms with van der Waals surface area (Å²) in [6.45, 7) is 9.77. The van der Waals surface area contributed by atoms with Crippen molar-refractivity contribution in [2.24, 2.45) is 0 Å². The molecule has 3 heteroatoms. The number of hydrogen-bond donors (Lipinski definition) is 1. The molecule has 0 bridgehead atoms. The Morgan fingerprint density at radius 1 is 1.32 bits per heavy atom. The third-order valence-electron chi connectivity index (χ3n) is 2.90. The highest BCUT2D eigenvalue weighted by Gasteiger charge is 2.19. The van der Waals surface area contributed by atoms with Gasteiger partial charge in [-0.3, -0.25) is 5.32 Å². The van der Waals surface area contributed by atoms with E-state index in [1.807, 2.05) is 18.2 Å². The fraction of sp³-hybridized carbons (Fsp3) is 0.562. The molecule has 0 heterocycles. The number of nitrogens with zero attached hydrogens (tertiary/aromatic N) is 1. The second-order valence-electron chi connectivity index (χ2n) is 5.69. The maximum Gasteiger partial charge on any atom is 0.130 e. The van der Waals surface area contributed by atoms with Gasteiger partial charge in [0.05, 0.1) is 6.07 Å². The first-order valence-electron chi connectivity index (χ1n) is 6.84. The van der Waals surface area contributed by atoms with E-state index in [1.54, 1.807) is 0 Å². The molecule has 0 fully saturated rings. The van der Waals surface area contributed by atoms with E-state index in [0.717, 1.165) is 18.7 Å². The second-order valence-corrected chi connectivity index (χ2v) is 5.69. The Morgan fingerprint density at radius 3 is 2.58 bits per heavy atom. The molecule has 1 N–H and O–H groups in total. The van der Waals surface area contributed by atoms with Gasteiger partial charge in [0.25, 0.3) is 0 Å². The van der Waals surface area contributed by atoms with Crippen LogP contribution in [0.1, 0.15) is 39.7 Å². The number of nitriles is 1. The van der Waals surface area contributed by atoms with Crippen molar-refractivity contribution in [2.75, 3.05) is 13.2 Å². The van der Waals surface area contributed by atoms with Gasteiger partial charge in [-0.05, 0) is 30.0 Å². The molecule has 104 valence electrons. The molecule has 0 spiro atoms. The highest BCUT2D eigenvalue weighted by Crippen LogP contribution is 2.30. The van der Waals surface area contributed by atoms with Crippen molar-refractivity contribution in [1.82, 2.24) is 5.32 Å². The number of rotatable bonds is 6. The third-order valence-corrected chi connectivity index (χ3v) is 2.90. The molecule has 0 aliphatic rings. The molecule has 1 rings (SSSR count). The SMILES string of the molecule is CCCNC(C#N)COc1ccccc1C(C)(C)C. The Balaban J connectivity index is 2.70. The first kappa shape index (κ1) is 15.5. The monoisotopic (exact) mass is 260 g/mol. The number of ether oxygens (including phenoxy) is 1. The lowest BCUT2D eigenvalue weighted by atomic mass is 9.86. The summed E-state index contributed by atoms with van der Waals surface area (Å²) in [4.78, 5) is 0. The van der Waals surface area contributed by atoms with E-state index in [2.05, 4.69) is 45.1 Å². The predicted molar refractivity (Wildman–Crippen MR) is 78.3 cm³/mol. The van der Waals surface area contributed by atoms with Crippen LogP contribution < -0.4 is 10.1 Å². The third kappa shape index (κ3) is 4.92. The lowest BCUT2D eigenvalue weighted by Crippen LogP contribution is -2.34. The van der Waals surface area contributed by atoms with Crippen molar-refractivity contribution in [1.29, 1.82) is 5.26 Å². The molecule has 0 amide bonds. The summed E-state index contributed by atoms with van der Waals surface area (Å²) >= 11 is 0. The Hall–Kier alpha value is -1.53. The molecule has 0 radical (unpaired) electrons. The lowest BCUT2D eigenvalue weighted by molar-refractivity contribution is 0.282. The predicted octanol–water partition coefficient (Wildman–Crippen LogP) is 3.25. The van der Waals surface area contributed by atoms with Gasteiger partial charge in [0.15, 0.2) is 0 Å². The number of hydrogen-bond acceptors (Lipinski definition) is 3. The minimum Gasteiger partial charge on any atom is -0.491 e. The van der Waals surface area contributed by atoms with Gasteiger partial charge < -0.3 is 4.74 Å². The summed E-state index contributed by atoms with van der Waals surface area (Å²) in [5, 5.41) is 12.2. The minimum absolute atomic E-state index is 0.0373. The van der Waals surface area contributed by atoms with E-state index >= 15 is 0 Å². The maximum atomic E-state index is 9.07. The van der Waals surface area contributed by atoms with E-state index in [9.17, 15) is 0 Å². The molecule has 0 aliphatic carbocycles. The summed E-state index contributed by atoms with van der Waals surface area (Å²) in [5.74, 6) is 0.869. The molecular formula is C16H24N2O. The molecule has 3 nitrogen and oxygen atoms in total. The van der Waals surface area contributed by atoms with Gasteiger partial charge in [0, 0.05) is 0 Å². The average molecular weight is 260 g/mol. The van der Waals surface area contributed by atoms with Crippen LogP contribution in [0.4, 0.5) is 0 Å². The van der Waals surface area contributed by atoms with E-state index in [4.69, 9.17) is 10.00 Å². The molecule has 0 aromatic heterocycles. The second kappa shape index (κ2) is 7.16. The van der Waals surface area contributed by atoms with Crippen LogP contribution in [0.5, 0.6) is 5.75 Å². The van der Waals surface area contributed by atoms with Gasteiger partial charge in [0.1, 0.15) is 18.4 Å². The number of nitrogens with one attached hydrogen (secondary N) is 1. The fourth-order valence-corrected chi connectivity index (χ4v) is 1.85. The average Bonchev–Trinajstić information content (AvgIpc) is 2.38. The highest BCUT2D eigenvalue weighted by atomic mass is 16.5. The highest BCUT2D eigenvalue weighted by molar-refractivity contribution is 5.38. The minimum atomic E-state index is -0.257. The molecule has 0 saturated carbocycles. The van der Waals surface area contributed by atoms with Crippen LogP contribution in [0, 0.1) is 11.3 Å². The van der Waals surface area contributed by atoms with Gasteiger partial charge in [0.2, 0.25) is 0 Å². The van der Waals surface area contributed by atoms with E-state index < -0.39 is 0 Å². The van der Waals surface area contributed by atoms with Crippen LogP contribution in [-0.4, -0.2) is 19.2 Å². The van der Waals surface area contributed by atoms with Gasteiger partial charge in [-0.25, -0.2) is 0 Å². The summed E-state index contributed by atoms with van der Waals surface area (Å²) in [5.41, 5.74) is 1.21. The zero-order valence-corrected chi connectivity index (χ0v) is 12.4. The normalized spacial score (nSPS) is 12.8. The van der Waals surface area contributed by atoms with Gasteiger partial charge >= 0.3 is 0 Å². The number of para-hydroxylation sites is 1. The Morgan fingerprint density at radius 2 is 2.00 bits per heavy atom. The van der Waals surface area contributed by atoms with E-state index in [1.165, 1.54) is 5.56 Å². The largest absolute Gasteiger partial charge is 0.491 e. The topological polar surface area (TPSA) is 45.0 Å². The molecule has 0 aliphatic heterocycles. The lowest BCUT2D eigenvalue weighted by Gasteiger charge is -2.23. The van der Waals surface area contributed by atoms with E-state index in [0.29, 0.717) is 6.61 Å². The maximum absolute atomic E-state index is 9.07. The zero-order valence-electron chi connectivity index (χ0n) is 12.4. The van der Waals surface area contributed by atoms with Crippen molar-refractivity contribution in [3.63, 3.8) is 0 Å². The molecule has 1 unspecified atom stereocenters. The van der Waals surface area contributed by atoms with Gasteiger partial charge in [-0.1, -0.05) is 45.9 Å². The van der Waals surface area contributed by atoms with Crippen LogP contribution in [-0.2, 0) is 5.41 Å². The van der Waals surface area contributed by atoms with Crippen LogP contribution in [0.15, 0.2) is 24.3 Å². The summed E-state index contributed by atoms with van der Waals surface area (Å²) < 4.78 is 5.83. The Kier molecular flexibility index (Phi) is 5.85. The van der Waals surface area contributed by atoms with E-state index in [-0.39, 0.29) is 11.5 Å². The van der Waals surface area contributed by atoms with Crippen LogP contribution in [0.25, 0.3) is 0 Å². The molecule has 0 saturated heterocycles. The van der Waals surface area contributed by atoms with Crippen molar-refractivity contribution in [3.8, 4) is 11.8 Å². The quantitative estimate of drug-likeness (QED) is 0.854. The summed E-state index contributed by atoms with van der Waals surface area (Å²) in [6.07, 6.45) is 1.01. The number of benzene rings is 1. The first-order valence-corrected chi connectivity index (χ1v) is 6.84. The van der Waals surface area contributed by atoms with Crippen molar-refractivity contribution < 1.29 is 4.74 Å². The van der Waals surface area contributed by atoms with Gasteiger partial charge in [-0.2, -0.15) is 5.26 Å². The first-order chi connectivity index (χ1) is 8.99. The molecule has 1 aromatic carbocycles. The zero-order chi connectivity index (χ0) is 14.3. The van der Waals surface area contributed by atoms with Crippen molar-refractivity contribution in [2.45, 2.75) is 45.6 Å². The van der Waals surface area contributed by atoms with Gasteiger partial charge in [-0.15, -0.1) is 0 Å². The van der Waals surface area contributed by atoms with Crippen LogP contribution in [0.2, 0.25) is 0 Å². The smallest absolute Gasteiger partial charge is 0.130 e. The molecule has 1 atom stereocenters.